The fourth-order valence-electron chi connectivity index (χ4n) is 2.38. The average molecular weight is 197 g/mol. The first-order valence-corrected chi connectivity index (χ1v) is 5.49. The highest BCUT2D eigenvalue weighted by Crippen LogP contribution is 2.19. The van der Waals surface area contributed by atoms with Gasteiger partial charge in [0.05, 0.1) is 18.8 Å². The van der Waals surface area contributed by atoms with E-state index in [2.05, 4.69) is 24.1 Å². The van der Waals surface area contributed by atoms with Crippen LogP contribution in [0.2, 0.25) is 0 Å². The molecule has 0 aromatic carbocycles. The van der Waals surface area contributed by atoms with E-state index in [0.717, 1.165) is 13.1 Å². The number of nitrogens with zero attached hydrogens (tertiary/aromatic N) is 2. The SMILES string of the molecule is CCCN1CC(N2C(=O)CNC2C)C1. The number of nitrogens with one attached hydrogen (secondary N) is 1. The minimum absolute atomic E-state index is 0.233. The van der Waals surface area contributed by atoms with Crippen LogP contribution in [0, 0.1) is 0 Å². The second-order valence-corrected chi connectivity index (χ2v) is 4.27. The van der Waals surface area contributed by atoms with Gasteiger partial charge in [0, 0.05) is 13.1 Å². The van der Waals surface area contributed by atoms with Gasteiger partial charge in [-0.15, -0.1) is 0 Å². The van der Waals surface area contributed by atoms with Crippen LogP contribution in [0.3, 0.4) is 0 Å². The Balaban J connectivity index is 1.83. The van der Waals surface area contributed by atoms with Crippen molar-refractivity contribution in [2.24, 2.45) is 0 Å². The molecule has 2 aliphatic heterocycles. The van der Waals surface area contributed by atoms with Crippen molar-refractivity contribution in [3.63, 3.8) is 0 Å². The number of hydrogen-bond donors (Lipinski definition) is 1. The molecule has 0 spiro atoms. The summed E-state index contributed by atoms with van der Waals surface area (Å²) in [6.45, 7) is 8.06. The van der Waals surface area contributed by atoms with E-state index in [0.29, 0.717) is 12.6 Å². The van der Waals surface area contributed by atoms with Gasteiger partial charge in [0.25, 0.3) is 0 Å². The monoisotopic (exact) mass is 197 g/mol. The second kappa shape index (κ2) is 3.87. The Bertz CT molecular complexity index is 225. The standard InChI is InChI=1S/C10H19N3O/c1-3-4-12-6-9(7-12)13-8(2)11-5-10(13)14/h8-9,11H,3-7H2,1-2H3. The predicted molar refractivity (Wildman–Crippen MR) is 54.8 cm³/mol. The van der Waals surface area contributed by atoms with E-state index >= 15 is 0 Å². The van der Waals surface area contributed by atoms with Crippen molar-refractivity contribution < 1.29 is 4.79 Å². The summed E-state index contributed by atoms with van der Waals surface area (Å²) in [4.78, 5) is 15.9. The number of rotatable bonds is 3. The third-order valence-corrected chi connectivity index (χ3v) is 3.13. The molecule has 14 heavy (non-hydrogen) atoms. The molecule has 2 heterocycles. The molecule has 1 unspecified atom stereocenters. The molecule has 2 rings (SSSR count). The van der Waals surface area contributed by atoms with Gasteiger partial charge in [0.1, 0.15) is 0 Å². The Labute approximate surface area is 85.2 Å². The molecule has 80 valence electrons. The van der Waals surface area contributed by atoms with Crippen LogP contribution >= 0.6 is 0 Å². The van der Waals surface area contributed by atoms with Crippen LogP contribution in [0.25, 0.3) is 0 Å². The molecule has 0 aromatic rings. The summed E-state index contributed by atoms with van der Waals surface area (Å²) >= 11 is 0. The Hall–Kier alpha value is -0.610. The highest BCUT2D eigenvalue weighted by Gasteiger charge is 2.39. The normalized spacial score (nSPS) is 29.7. The summed E-state index contributed by atoms with van der Waals surface area (Å²) in [6, 6.07) is 0.457. The van der Waals surface area contributed by atoms with Gasteiger partial charge in [-0.1, -0.05) is 6.92 Å². The molecule has 2 aliphatic rings. The lowest BCUT2D eigenvalue weighted by Gasteiger charge is -2.45. The van der Waals surface area contributed by atoms with Gasteiger partial charge < -0.3 is 4.90 Å². The third-order valence-electron chi connectivity index (χ3n) is 3.13. The highest BCUT2D eigenvalue weighted by atomic mass is 16.2. The summed E-state index contributed by atoms with van der Waals surface area (Å²) in [5.74, 6) is 0.263. The van der Waals surface area contributed by atoms with Crippen molar-refractivity contribution in [3.05, 3.63) is 0 Å². The number of carbonyl (C=O) groups is 1. The lowest BCUT2D eigenvalue weighted by Crippen LogP contribution is -2.61. The molecule has 4 heteroatoms. The van der Waals surface area contributed by atoms with Crippen molar-refractivity contribution in [1.82, 2.24) is 15.1 Å². The van der Waals surface area contributed by atoms with E-state index in [1.165, 1.54) is 13.0 Å². The van der Waals surface area contributed by atoms with Gasteiger partial charge in [-0.05, 0) is 19.9 Å². The largest absolute Gasteiger partial charge is 0.321 e. The van der Waals surface area contributed by atoms with Crippen molar-refractivity contribution in [3.8, 4) is 0 Å². The minimum Gasteiger partial charge on any atom is -0.321 e. The first kappa shape index (κ1) is 9.93. The molecular formula is C10H19N3O. The van der Waals surface area contributed by atoms with E-state index in [1.54, 1.807) is 0 Å². The van der Waals surface area contributed by atoms with Crippen LogP contribution in [0.1, 0.15) is 20.3 Å². The fourth-order valence-corrected chi connectivity index (χ4v) is 2.38. The van der Waals surface area contributed by atoms with Crippen molar-refractivity contribution >= 4 is 5.91 Å². The van der Waals surface area contributed by atoms with E-state index < -0.39 is 0 Å². The molecule has 0 bridgehead atoms. The zero-order valence-corrected chi connectivity index (χ0v) is 8.99. The summed E-state index contributed by atoms with van der Waals surface area (Å²) in [7, 11) is 0. The zero-order chi connectivity index (χ0) is 10.1. The lowest BCUT2D eigenvalue weighted by atomic mass is 10.1. The number of carbonyl (C=O) groups excluding carboxylic acids is 1. The second-order valence-electron chi connectivity index (χ2n) is 4.27. The fraction of sp³-hybridized carbons (Fsp3) is 0.900. The van der Waals surface area contributed by atoms with Gasteiger partial charge in [0.15, 0.2) is 0 Å². The molecule has 0 saturated carbocycles. The summed E-state index contributed by atoms with van der Waals surface area (Å²) in [5, 5.41) is 3.17. The van der Waals surface area contributed by atoms with E-state index in [-0.39, 0.29) is 12.1 Å². The van der Waals surface area contributed by atoms with Crippen LogP contribution in [-0.4, -0.2) is 54.1 Å². The first-order chi connectivity index (χ1) is 6.72. The van der Waals surface area contributed by atoms with Gasteiger partial charge in [0.2, 0.25) is 5.91 Å². The smallest absolute Gasteiger partial charge is 0.238 e. The first-order valence-electron chi connectivity index (χ1n) is 5.49. The van der Waals surface area contributed by atoms with Crippen molar-refractivity contribution in [2.45, 2.75) is 32.5 Å². The molecule has 4 nitrogen and oxygen atoms in total. The van der Waals surface area contributed by atoms with Gasteiger partial charge in [-0.25, -0.2) is 0 Å². The predicted octanol–water partition coefficient (Wildman–Crippen LogP) is -0.142. The number of likely N-dealkylation sites (tertiary alicyclic amines) is 1. The number of hydrogen-bond acceptors (Lipinski definition) is 3. The summed E-state index contributed by atoms with van der Waals surface area (Å²) in [5.41, 5.74) is 0. The minimum atomic E-state index is 0.233. The molecule has 0 aliphatic carbocycles. The van der Waals surface area contributed by atoms with Gasteiger partial charge in [-0.3, -0.25) is 15.0 Å². The van der Waals surface area contributed by atoms with Crippen LogP contribution in [0.4, 0.5) is 0 Å². The van der Waals surface area contributed by atoms with Gasteiger partial charge >= 0.3 is 0 Å². The Morgan fingerprint density at radius 3 is 2.71 bits per heavy atom. The molecule has 1 atom stereocenters. The van der Waals surface area contributed by atoms with Crippen molar-refractivity contribution in [2.75, 3.05) is 26.2 Å². The van der Waals surface area contributed by atoms with E-state index in [9.17, 15) is 4.79 Å². The summed E-state index contributed by atoms with van der Waals surface area (Å²) in [6.07, 6.45) is 1.44. The Morgan fingerprint density at radius 1 is 1.50 bits per heavy atom. The third kappa shape index (κ3) is 1.64. The lowest BCUT2D eigenvalue weighted by molar-refractivity contribution is -0.133. The van der Waals surface area contributed by atoms with Gasteiger partial charge in [-0.2, -0.15) is 0 Å². The van der Waals surface area contributed by atoms with E-state index in [1.807, 2.05) is 4.90 Å². The molecular weight excluding hydrogens is 178 g/mol. The molecule has 0 radical (unpaired) electrons. The highest BCUT2D eigenvalue weighted by molar-refractivity contribution is 5.81. The maximum atomic E-state index is 11.5. The molecule has 1 amide bonds. The maximum absolute atomic E-state index is 11.5. The topological polar surface area (TPSA) is 35.6 Å². The molecule has 0 aromatic heterocycles. The van der Waals surface area contributed by atoms with Crippen LogP contribution < -0.4 is 5.32 Å². The molecule has 1 N–H and O–H groups in total. The van der Waals surface area contributed by atoms with E-state index in [4.69, 9.17) is 0 Å². The zero-order valence-electron chi connectivity index (χ0n) is 8.99. The van der Waals surface area contributed by atoms with Crippen LogP contribution in [0.5, 0.6) is 0 Å². The summed E-state index contributed by atoms with van der Waals surface area (Å²) < 4.78 is 0. The quantitative estimate of drug-likeness (QED) is 0.684. The average Bonchev–Trinajstić information content (AvgIpc) is 2.40. The molecule has 2 saturated heterocycles. The maximum Gasteiger partial charge on any atom is 0.238 e. The molecule has 2 fully saturated rings. The van der Waals surface area contributed by atoms with Crippen molar-refractivity contribution in [1.29, 1.82) is 0 Å². The Morgan fingerprint density at radius 2 is 2.21 bits per heavy atom. The number of amides is 1. The van der Waals surface area contributed by atoms with Crippen LogP contribution in [-0.2, 0) is 4.79 Å². The van der Waals surface area contributed by atoms with Crippen LogP contribution in [0.15, 0.2) is 0 Å². The Kier molecular flexibility index (Phi) is 2.74.